The summed E-state index contributed by atoms with van der Waals surface area (Å²) in [6.07, 6.45) is 2.65. The van der Waals surface area contributed by atoms with E-state index in [1.165, 1.54) is 18.4 Å². The minimum absolute atomic E-state index is 0.202. The number of nitrogens with one attached hydrogen (secondary N) is 1. The summed E-state index contributed by atoms with van der Waals surface area (Å²) in [7, 11) is 0. The molecule has 0 aliphatic heterocycles. The first-order valence-electron chi connectivity index (χ1n) is 6.32. The Kier molecular flexibility index (Phi) is 3.82. The van der Waals surface area contributed by atoms with Gasteiger partial charge in [0, 0.05) is 18.1 Å². The molecule has 1 fully saturated rings. The lowest BCUT2D eigenvalue weighted by atomic mass is 10.0. The highest BCUT2D eigenvalue weighted by atomic mass is 16.3. The first kappa shape index (κ1) is 12.6. The molecule has 0 saturated heterocycles. The van der Waals surface area contributed by atoms with Crippen molar-refractivity contribution in [1.82, 2.24) is 5.32 Å². The zero-order valence-corrected chi connectivity index (χ0v) is 10.4. The van der Waals surface area contributed by atoms with E-state index >= 15 is 0 Å². The Morgan fingerprint density at radius 2 is 2.00 bits per heavy atom. The number of nitrogens with two attached hydrogens (primary N) is 1. The maximum absolute atomic E-state index is 9.98. The lowest BCUT2D eigenvalue weighted by Crippen LogP contribution is -2.45. The number of hydrogen-bond acceptors (Lipinski definition) is 3. The molecule has 1 aliphatic rings. The van der Waals surface area contributed by atoms with Gasteiger partial charge >= 0.3 is 0 Å². The monoisotopic (exact) mass is 234 g/mol. The van der Waals surface area contributed by atoms with Gasteiger partial charge in [0.15, 0.2) is 0 Å². The van der Waals surface area contributed by atoms with Crippen LogP contribution in [-0.2, 0) is 6.42 Å². The summed E-state index contributed by atoms with van der Waals surface area (Å²) in [5.74, 6) is 0. The van der Waals surface area contributed by atoms with E-state index in [1.807, 2.05) is 30.3 Å². The fraction of sp³-hybridized carbons (Fsp3) is 0.571. The molecule has 17 heavy (non-hydrogen) atoms. The van der Waals surface area contributed by atoms with E-state index in [-0.39, 0.29) is 11.6 Å². The first-order valence-corrected chi connectivity index (χ1v) is 6.32. The average Bonchev–Trinajstić information content (AvgIpc) is 3.06. The van der Waals surface area contributed by atoms with Crippen molar-refractivity contribution in [3.63, 3.8) is 0 Å². The van der Waals surface area contributed by atoms with Gasteiger partial charge in [-0.25, -0.2) is 0 Å². The largest absolute Gasteiger partial charge is 0.390 e. The topological polar surface area (TPSA) is 58.3 Å². The predicted octanol–water partition coefficient (Wildman–Crippen LogP) is 1.06. The minimum Gasteiger partial charge on any atom is -0.390 e. The summed E-state index contributed by atoms with van der Waals surface area (Å²) in [5, 5.41) is 13.4. The van der Waals surface area contributed by atoms with Gasteiger partial charge in [0.05, 0.1) is 6.10 Å². The third kappa shape index (κ3) is 3.80. The van der Waals surface area contributed by atoms with Crippen molar-refractivity contribution < 1.29 is 5.11 Å². The fourth-order valence-corrected chi connectivity index (χ4v) is 1.89. The van der Waals surface area contributed by atoms with Crippen LogP contribution in [0.25, 0.3) is 0 Å². The number of benzene rings is 1. The van der Waals surface area contributed by atoms with Crippen molar-refractivity contribution in [3.05, 3.63) is 35.9 Å². The summed E-state index contributed by atoms with van der Waals surface area (Å²) >= 11 is 0. The van der Waals surface area contributed by atoms with Crippen LogP contribution >= 0.6 is 0 Å². The number of β-amino-alcohol motifs (C(OH)–C–C–N with tert-alkyl or cyclic N) is 1. The quantitative estimate of drug-likeness (QED) is 0.690. The number of aliphatic hydroxyl groups is 1. The van der Waals surface area contributed by atoms with Gasteiger partial charge in [0.2, 0.25) is 0 Å². The molecular formula is C14H22N2O. The zero-order chi connectivity index (χ0) is 12.3. The number of rotatable bonds is 6. The molecule has 4 N–H and O–H groups in total. The van der Waals surface area contributed by atoms with Crippen molar-refractivity contribution in [2.24, 2.45) is 5.73 Å². The molecule has 2 rings (SSSR count). The Bertz CT molecular complexity index is 348. The molecule has 0 unspecified atom stereocenters. The van der Waals surface area contributed by atoms with Crippen molar-refractivity contribution in [2.75, 3.05) is 6.54 Å². The van der Waals surface area contributed by atoms with Crippen LogP contribution in [0.2, 0.25) is 0 Å². The number of aliphatic hydroxyl groups excluding tert-OH is 1. The molecule has 0 amide bonds. The van der Waals surface area contributed by atoms with E-state index in [1.54, 1.807) is 0 Å². The van der Waals surface area contributed by atoms with E-state index in [2.05, 4.69) is 12.2 Å². The van der Waals surface area contributed by atoms with Crippen LogP contribution in [0, 0.1) is 0 Å². The summed E-state index contributed by atoms with van der Waals surface area (Å²) < 4.78 is 0. The van der Waals surface area contributed by atoms with Gasteiger partial charge in [-0.2, -0.15) is 0 Å². The third-order valence-corrected chi connectivity index (χ3v) is 3.55. The Morgan fingerprint density at radius 3 is 2.59 bits per heavy atom. The van der Waals surface area contributed by atoms with E-state index in [0.29, 0.717) is 6.54 Å². The first-order chi connectivity index (χ1) is 8.09. The van der Waals surface area contributed by atoms with Crippen LogP contribution < -0.4 is 11.1 Å². The second-order valence-electron chi connectivity index (χ2n) is 5.36. The van der Waals surface area contributed by atoms with Crippen LogP contribution in [-0.4, -0.2) is 29.3 Å². The van der Waals surface area contributed by atoms with Gasteiger partial charge in [0.25, 0.3) is 0 Å². The van der Waals surface area contributed by atoms with Gasteiger partial charge in [-0.1, -0.05) is 30.3 Å². The molecule has 0 bridgehead atoms. The maximum atomic E-state index is 9.98. The maximum Gasteiger partial charge on any atom is 0.0818 e. The third-order valence-electron chi connectivity index (χ3n) is 3.55. The summed E-state index contributed by atoms with van der Waals surface area (Å²) in [6.45, 7) is 2.77. The molecule has 0 aromatic heterocycles. The van der Waals surface area contributed by atoms with Crippen LogP contribution in [0.15, 0.2) is 30.3 Å². The molecule has 1 aromatic carbocycles. The highest BCUT2D eigenvalue weighted by Gasteiger charge is 2.37. The summed E-state index contributed by atoms with van der Waals surface area (Å²) in [5.41, 5.74) is 7.44. The molecule has 1 aliphatic carbocycles. The standard InChI is InChI=1S/C14H22N2O/c1-14(7-8-14)16-10-13(17)12(15)9-11-5-3-2-4-6-11/h2-6,12-13,16-17H,7-10,15H2,1H3/t12-,13+/m0/s1. The second kappa shape index (κ2) is 5.17. The Labute approximate surface area is 103 Å². The molecule has 94 valence electrons. The molecule has 0 spiro atoms. The molecule has 1 aromatic rings. The van der Waals surface area contributed by atoms with Gasteiger partial charge in [-0.3, -0.25) is 0 Å². The molecular weight excluding hydrogens is 212 g/mol. The van der Waals surface area contributed by atoms with Gasteiger partial charge < -0.3 is 16.2 Å². The highest BCUT2D eigenvalue weighted by Crippen LogP contribution is 2.34. The predicted molar refractivity (Wildman–Crippen MR) is 69.8 cm³/mol. The van der Waals surface area contributed by atoms with E-state index in [0.717, 1.165) is 6.42 Å². The lowest BCUT2D eigenvalue weighted by Gasteiger charge is -2.21. The lowest BCUT2D eigenvalue weighted by molar-refractivity contribution is 0.137. The van der Waals surface area contributed by atoms with Crippen molar-refractivity contribution in [3.8, 4) is 0 Å². The molecule has 3 heteroatoms. The molecule has 0 radical (unpaired) electrons. The van der Waals surface area contributed by atoms with E-state index in [9.17, 15) is 5.11 Å². The van der Waals surface area contributed by atoms with E-state index in [4.69, 9.17) is 5.73 Å². The summed E-state index contributed by atoms with van der Waals surface area (Å²) in [4.78, 5) is 0. The molecule has 3 nitrogen and oxygen atoms in total. The average molecular weight is 234 g/mol. The number of hydrogen-bond donors (Lipinski definition) is 3. The Morgan fingerprint density at radius 1 is 1.35 bits per heavy atom. The van der Waals surface area contributed by atoms with Crippen molar-refractivity contribution in [1.29, 1.82) is 0 Å². The van der Waals surface area contributed by atoms with Gasteiger partial charge in [0.1, 0.15) is 0 Å². The minimum atomic E-state index is -0.479. The zero-order valence-electron chi connectivity index (χ0n) is 10.4. The van der Waals surface area contributed by atoms with Gasteiger partial charge in [-0.05, 0) is 31.7 Å². The van der Waals surface area contributed by atoms with Crippen LogP contribution in [0.4, 0.5) is 0 Å². The fourth-order valence-electron chi connectivity index (χ4n) is 1.89. The van der Waals surface area contributed by atoms with Gasteiger partial charge in [-0.15, -0.1) is 0 Å². The highest BCUT2D eigenvalue weighted by molar-refractivity contribution is 5.16. The normalized spacial score (nSPS) is 20.9. The SMILES string of the molecule is CC1(NC[C@@H](O)[C@@H](N)Cc2ccccc2)CC1. The van der Waals surface area contributed by atoms with Crippen molar-refractivity contribution in [2.45, 2.75) is 43.9 Å². The van der Waals surface area contributed by atoms with Crippen molar-refractivity contribution >= 4 is 0 Å². The molecule has 0 heterocycles. The van der Waals surface area contributed by atoms with Crippen LogP contribution in [0.5, 0.6) is 0 Å². The second-order valence-corrected chi connectivity index (χ2v) is 5.36. The molecule has 1 saturated carbocycles. The summed E-state index contributed by atoms with van der Waals surface area (Å²) in [6, 6.07) is 9.87. The molecule has 2 atom stereocenters. The van der Waals surface area contributed by atoms with Crippen LogP contribution in [0.1, 0.15) is 25.3 Å². The van der Waals surface area contributed by atoms with Crippen LogP contribution in [0.3, 0.4) is 0 Å². The smallest absolute Gasteiger partial charge is 0.0818 e. The Balaban J connectivity index is 1.76. The van der Waals surface area contributed by atoms with E-state index < -0.39 is 6.10 Å². The Hall–Kier alpha value is -0.900.